The second kappa shape index (κ2) is 14.2. The fraction of sp³-hybridized carbons (Fsp3) is 0.571. The van der Waals surface area contributed by atoms with Crippen LogP contribution in [-0.2, 0) is 18.1 Å². The molecule has 29 heavy (non-hydrogen) atoms. The number of carbonyl (C=O) groups is 1. The topological polar surface area (TPSA) is 86.3 Å². The van der Waals surface area contributed by atoms with Crippen molar-refractivity contribution in [2.45, 2.75) is 46.6 Å². The molecule has 0 heterocycles. The van der Waals surface area contributed by atoms with E-state index in [1.54, 1.807) is 18.2 Å². The maximum absolute atomic E-state index is 10.6. The minimum atomic E-state index is -2.62. The van der Waals surface area contributed by atoms with Crippen molar-refractivity contribution in [3.63, 3.8) is 0 Å². The number of hydrogen-bond acceptors (Lipinski definition) is 7. The van der Waals surface area contributed by atoms with E-state index in [-0.39, 0.29) is 0 Å². The molecule has 1 aromatic rings. The summed E-state index contributed by atoms with van der Waals surface area (Å²) < 4.78 is 29.1. The molecular weight excluding hydrogens is 392 g/mol. The highest BCUT2D eigenvalue weighted by Crippen LogP contribution is 2.29. The highest BCUT2D eigenvalue weighted by molar-refractivity contribution is 6.60. The third-order valence-electron chi connectivity index (χ3n) is 3.91. The number of aliphatic carboxylic acids is 1. The van der Waals surface area contributed by atoms with Gasteiger partial charge in [0.15, 0.2) is 11.5 Å². The summed E-state index contributed by atoms with van der Waals surface area (Å²) in [5.41, 5.74) is 0.700. The average Bonchev–Trinajstić information content (AvgIpc) is 2.68. The van der Waals surface area contributed by atoms with Gasteiger partial charge in [0.05, 0.1) is 19.2 Å². The van der Waals surface area contributed by atoms with Crippen molar-refractivity contribution in [1.82, 2.24) is 0 Å². The summed E-state index contributed by atoms with van der Waals surface area (Å²) in [6.07, 6.45) is 4.13. The van der Waals surface area contributed by atoms with Crippen LogP contribution in [0.25, 0.3) is 6.08 Å². The number of ether oxygens (including phenoxy) is 2. The summed E-state index contributed by atoms with van der Waals surface area (Å²) >= 11 is 0. The molecular formula is C21H33O7Si-. The van der Waals surface area contributed by atoms with Crippen molar-refractivity contribution in [2.24, 2.45) is 0 Å². The molecule has 0 aliphatic rings. The molecule has 0 N–H and O–H groups in total. The van der Waals surface area contributed by atoms with Gasteiger partial charge in [0.2, 0.25) is 0 Å². The molecule has 0 atom stereocenters. The van der Waals surface area contributed by atoms with Crippen LogP contribution in [0.1, 0.15) is 46.1 Å². The zero-order chi connectivity index (χ0) is 21.5. The van der Waals surface area contributed by atoms with Crippen LogP contribution in [0, 0.1) is 0 Å². The first-order chi connectivity index (χ1) is 14.0. The van der Waals surface area contributed by atoms with E-state index >= 15 is 0 Å². The predicted octanol–water partition coefficient (Wildman–Crippen LogP) is 3.06. The van der Waals surface area contributed by atoms with Crippen LogP contribution in [0.2, 0.25) is 6.04 Å². The lowest BCUT2D eigenvalue weighted by molar-refractivity contribution is -0.297. The molecule has 0 amide bonds. The number of carboxylic acids is 1. The van der Waals surface area contributed by atoms with E-state index in [1.165, 1.54) is 6.08 Å². The van der Waals surface area contributed by atoms with E-state index in [0.717, 1.165) is 25.0 Å². The van der Waals surface area contributed by atoms with Gasteiger partial charge < -0.3 is 32.7 Å². The van der Waals surface area contributed by atoms with Crippen LogP contribution in [0.15, 0.2) is 24.3 Å². The van der Waals surface area contributed by atoms with Gasteiger partial charge in [0.25, 0.3) is 0 Å². The van der Waals surface area contributed by atoms with Crippen LogP contribution < -0.4 is 14.6 Å². The molecule has 0 aliphatic carbocycles. The van der Waals surface area contributed by atoms with Gasteiger partial charge in [-0.15, -0.1) is 0 Å². The van der Waals surface area contributed by atoms with Gasteiger partial charge in [-0.25, -0.2) is 0 Å². The number of rotatable bonds is 16. The minimum absolute atomic E-state index is 0.481. The predicted molar refractivity (Wildman–Crippen MR) is 112 cm³/mol. The Bertz CT molecular complexity index is 616. The van der Waals surface area contributed by atoms with Crippen LogP contribution in [0.5, 0.6) is 11.5 Å². The smallest absolute Gasteiger partial charge is 0.500 e. The Kier molecular flexibility index (Phi) is 12.3. The summed E-state index contributed by atoms with van der Waals surface area (Å²) in [4.78, 5) is 10.6. The van der Waals surface area contributed by atoms with E-state index in [4.69, 9.17) is 22.8 Å². The monoisotopic (exact) mass is 425 g/mol. The van der Waals surface area contributed by atoms with Crippen LogP contribution in [-0.4, -0.2) is 47.8 Å². The largest absolute Gasteiger partial charge is 0.545 e. The quantitative estimate of drug-likeness (QED) is 0.228. The van der Waals surface area contributed by atoms with Gasteiger partial charge >= 0.3 is 8.80 Å². The molecule has 0 bridgehead atoms. The standard InChI is InChI=1S/C21H34O7Si/c1-5-24-20-17-18(12-14-21(22)23)11-13-19(20)25-15-9-10-16-29(26-6-2,27-7-3)28-8-4/h11-14,17H,5-10,15-16H2,1-4H3,(H,22,23)/p-1/b14-12+. The highest BCUT2D eigenvalue weighted by atomic mass is 28.4. The maximum Gasteiger partial charge on any atom is 0.500 e. The third kappa shape index (κ3) is 9.45. The fourth-order valence-electron chi connectivity index (χ4n) is 2.81. The molecule has 0 radical (unpaired) electrons. The minimum Gasteiger partial charge on any atom is -0.545 e. The Balaban J connectivity index is 2.62. The van der Waals surface area contributed by atoms with E-state index in [0.29, 0.717) is 50.1 Å². The highest BCUT2D eigenvalue weighted by Gasteiger charge is 2.39. The summed E-state index contributed by atoms with van der Waals surface area (Å²) in [5, 5.41) is 10.6. The Morgan fingerprint density at radius 2 is 1.59 bits per heavy atom. The van der Waals surface area contributed by atoms with Gasteiger partial charge in [0.1, 0.15) is 0 Å². The maximum atomic E-state index is 10.6. The van der Waals surface area contributed by atoms with Gasteiger partial charge in [-0.3, -0.25) is 0 Å². The Morgan fingerprint density at radius 3 is 2.14 bits per heavy atom. The summed E-state index contributed by atoms with van der Waals surface area (Å²) in [7, 11) is -2.62. The lowest BCUT2D eigenvalue weighted by atomic mass is 10.2. The van der Waals surface area contributed by atoms with Gasteiger partial charge in [-0.1, -0.05) is 12.1 Å². The fourth-order valence-corrected chi connectivity index (χ4v) is 5.49. The molecule has 0 saturated carbocycles. The third-order valence-corrected chi connectivity index (χ3v) is 7.06. The van der Waals surface area contributed by atoms with Gasteiger partial charge in [0, 0.05) is 25.9 Å². The number of unbranched alkanes of at least 4 members (excludes halogenated alkanes) is 1. The second-order valence-electron chi connectivity index (χ2n) is 6.08. The molecule has 0 aromatic heterocycles. The molecule has 1 aromatic carbocycles. The van der Waals surface area contributed by atoms with E-state index in [2.05, 4.69) is 0 Å². The first-order valence-corrected chi connectivity index (χ1v) is 12.1. The molecule has 1 rings (SSSR count). The van der Waals surface area contributed by atoms with Gasteiger partial charge in [-0.2, -0.15) is 0 Å². The number of carbonyl (C=O) groups excluding carboxylic acids is 1. The Morgan fingerprint density at radius 1 is 0.931 bits per heavy atom. The van der Waals surface area contributed by atoms with Crippen molar-refractivity contribution < 1.29 is 32.7 Å². The molecule has 7 nitrogen and oxygen atoms in total. The van der Waals surface area contributed by atoms with E-state index in [9.17, 15) is 9.90 Å². The van der Waals surface area contributed by atoms with E-state index in [1.807, 2.05) is 27.7 Å². The normalized spacial score (nSPS) is 11.7. The van der Waals surface area contributed by atoms with Crippen molar-refractivity contribution in [3.8, 4) is 11.5 Å². The Labute approximate surface area is 174 Å². The second-order valence-corrected chi connectivity index (χ2v) is 8.81. The van der Waals surface area contributed by atoms with Crippen LogP contribution in [0.4, 0.5) is 0 Å². The van der Waals surface area contributed by atoms with Crippen molar-refractivity contribution in [3.05, 3.63) is 29.8 Å². The summed E-state index contributed by atoms with van der Waals surface area (Å²) in [6, 6.07) is 6.04. The SMILES string of the molecule is CCOc1cc(/C=C/C(=O)[O-])ccc1OCCCC[Si](OCC)(OCC)OCC. The van der Waals surface area contributed by atoms with Gasteiger partial charge in [-0.05, 0) is 64.3 Å². The number of carboxylic acid groups (broad SMARTS) is 1. The first-order valence-electron chi connectivity index (χ1n) is 10.2. The lowest BCUT2D eigenvalue weighted by Gasteiger charge is -2.28. The van der Waals surface area contributed by atoms with Crippen molar-refractivity contribution in [1.29, 1.82) is 0 Å². The molecule has 0 spiro atoms. The molecule has 0 fully saturated rings. The number of benzene rings is 1. The molecule has 0 unspecified atom stereocenters. The molecule has 164 valence electrons. The molecule has 0 aliphatic heterocycles. The number of hydrogen-bond donors (Lipinski definition) is 0. The summed E-state index contributed by atoms with van der Waals surface area (Å²) in [6.45, 7) is 10.4. The Hall–Kier alpha value is -1.87. The van der Waals surface area contributed by atoms with Crippen LogP contribution in [0.3, 0.4) is 0 Å². The first kappa shape index (κ1) is 25.2. The van der Waals surface area contributed by atoms with Crippen molar-refractivity contribution in [2.75, 3.05) is 33.0 Å². The molecule has 8 heteroatoms. The average molecular weight is 426 g/mol. The van der Waals surface area contributed by atoms with E-state index < -0.39 is 14.8 Å². The zero-order valence-electron chi connectivity index (χ0n) is 17.9. The summed E-state index contributed by atoms with van der Waals surface area (Å²) in [5.74, 6) is -0.0379. The van der Waals surface area contributed by atoms with Crippen LogP contribution >= 0.6 is 0 Å². The molecule has 0 saturated heterocycles. The van der Waals surface area contributed by atoms with Crippen molar-refractivity contribution >= 4 is 20.8 Å². The zero-order valence-corrected chi connectivity index (χ0v) is 18.9. The lowest BCUT2D eigenvalue weighted by Crippen LogP contribution is -2.45.